The van der Waals surface area contributed by atoms with E-state index in [9.17, 15) is 9.90 Å². The summed E-state index contributed by atoms with van der Waals surface area (Å²) in [5, 5.41) is 19.1. The summed E-state index contributed by atoms with van der Waals surface area (Å²) in [7, 11) is 0. The first-order chi connectivity index (χ1) is 17.0. The Morgan fingerprint density at radius 2 is 2.00 bits per heavy atom. The van der Waals surface area contributed by atoms with E-state index in [1.807, 2.05) is 36.4 Å². The molecular formula is C25H21ClN6O3. The number of carbonyl (C=O) groups excluding carboxylic acids is 1. The molecule has 0 saturated heterocycles. The number of hydrogen-bond acceptors (Lipinski definition) is 7. The predicted molar refractivity (Wildman–Crippen MR) is 132 cm³/mol. The maximum Gasteiger partial charge on any atom is 0.276 e. The lowest BCUT2D eigenvalue weighted by atomic mass is 10.1. The Labute approximate surface area is 205 Å². The van der Waals surface area contributed by atoms with Gasteiger partial charge in [-0.25, -0.2) is 15.1 Å². The normalized spacial score (nSPS) is 12.2. The largest absolute Gasteiger partial charge is 0.391 e. The summed E-state index contributed by atoms with van der Waals surface area (Å²) in [6.45, 7) is 2.03. The van der Waals surface area contributed by atoms with E-state index in [0.717, 1.165) is 22.0 Å². The molecule has 0 aliphatic heterocycles. The van der Waals surface area contributed by atoms with E-state index in [1.54, 1.807) is 36.0 Å². The first-order valence-electron chi connectivity index (χ1n) is 10.9. The maximum atomic E-state index is 12.3. The quantitative estimate of drug-likeness (QED) is 0.335. The Balaban J connectivity index is 1.40. The summed E-state index contributed by atoms with van der Waals surface area (Å²) >= 11 is 6.37. The summed E-state index contributed by atoms with van der Waals surface area (Å²) in [6.07, 6.45) is 1.07. The number of amides is 1. The van der Waals surface area contributed by atoms with Crippen LogP contribution in [0.1, 0.15) is 22.8 Å². The van der Waals surface area contributed by atoms with Gasteiger partial charge in [-0.2, -0.15) is 0 Å². The van der Waals surface area contributed by atoms with Gasteiger partial charge in [-0.1, -0.05) is 35.0 Å². The maximum absolute atomic E-state index is 12.3. The van der Waals surface area contributed by atoms with Gasteiger partial charge >= 0.3 is 0 Å². The summed E-state index contributed by atoms with van der Waals surface area (Å²) in [5.41, 5.74) is 7.23. The van der Waals surface area contributed by atoms with Crippen LogP contribution in [0.4, 0.5) is 0 Å². The van der Waals surface area contributed by atoms with Gasteiger partial charge in [0.2, 0.25) is 0 Å². The minimum atomic E-state index is -0.699. The SMILES string of the molecule is C[C@@H](O)CONC(=O)c1ccc(-c2ccc3nnn(Cc4ccc5ncccc5c4)c3n2)cc1Cl. The molecule has 0 radical (unpaired) electrons. The molecule has 3 heterocycles. The number of fused-ring (bicyclic) bond motifs is 2. The molecule has 35 heavy (non-hydrogen) atoms. The van der Waals surface area contributed by atoms with Crippen molar-refractivity contribution in [2.75, 3.05) is 6.61 Å². The highest BCUT2D eigenvalue weighted by Gasteiger charge is 2.14. The molecule has 5 rings (SSSR count). The molecule has 0 aliphatic rings. The van der Waals surface area contributed by atoms with Gasteiger partial charge < -0.3 is 5.11 Å². The second-order valence-electron chi connectivity index (χ2n) is 8.10. The molecule has 0 saturated carbocycles. The number of aliphatic hydroxyl groups is 1. The van der Waals surface area contributed by atoms with E-state index < -0.39 is 12.0 Å². The molecule has 2 aromatic carbocycles. The summed E-state index contributed by atoms with van der Waals surface area (Å²) in [6, 6.07) is 18.7. The Bertz CT molecular complexity index is 1530. The fraction of sp³-hybridized carbons (Fsp3) is 0.160. The van der Waals surface area contributed by atoms with Crippen LogP contribution in [0.2, 0.25) is 5.02 Å². The Hall–Kier alpha value is -3.92. The highest BCUT2D eigenvalue weighted by molar-refractivity contribution is 6.34. The second-order valence-corrected chi connectivity index (χ2v) is 8.51. The van der Waals surface area contributed by atoms with Crippen molar-refractivity contribution in [3.63, 3.8) is 0 Å². The van der Waals surface area contributed by atoms with Crippen LogP contribution in [0, 0.1) is 0 Å². The van der Waals surface area contributed by atoms with E-state index in [1.165, 1.54) is 0 Å². The van der Waals surface area contributed by atoms with E-state index in [0.29, 0.717) is 23.4 Å². The molecule has 1 amide bonds. The van der Waals surface area contributed by atoms with Gasteiger partial charge in [-0.3, -0.25) is 14.6 Å². The van der Waals surface area contributed by atoms with Gasteiger partial charge in [-0.15, -0.1) is 5.10 Å². The molecule has 0 unspecified atom stereocenters. The average molecular weight is 489 g/mol. The minimum Gasteiger partial charge on any atom is -0.391 e. The predicted octanol–water partition coefficient (Wildman–Crippen LogP) is 3.79. The minimum absolute atomic E-state index is 0.0246. The summed E-state index contributed by atoms with van der Waals surface area (Å²) in [4.78, 5) is 26.4. The highest BCUT2D eigenvalue weighted by atomic mass is 35.5. The van der Waals surface area contributed by atoms with Crippen LogP contribution in [0.15, 0.2) is 66.9 Å². The van der Waals surface area contributed by atoms with Crippen molar-refractivity contribution in [1.82, 2.24) is 30.4 Å². The molecular weight excluding hydrogens is 468 g/mol. The zero-order valence-corrected chi connectivity index (χ0v) is 19.5. The first kappa shape index (κ1) is 22.9. The molecule has 10 heteroatoms. The van der Waals surface area contributed by atoms with Gasteiger partial charge in [0.1, 0.15) is 12.1 Å². The van der Waals surface area contributed by atoms with Gasteiger partial charge in [0, 0.05) is 17.1 Å². The van der Waals surface area contributed by atoms with E-state index in [2.05, 4.69) is 26.8 Å². The summed E-state index contributed by atoms with van der Waals surface area (Å²) in [5.74, 6) is -0.501. The van der Waals surface area contributed by atoms with Crippen molar-refractivity contribution in [1.29, 1.82) is 0 Å². The molecule has 3 aromatic heterocycles. The number of nitrogens with one attached hydrogen (secondary N) is 1. The third-order valence-corrected chi connectivity index (χ3v) is 5.67. The fourth-order valence-corrected chi connectivity index (χ4v) is 3.92. The summed E-state index contributed by atoms with van der Waals surface area (Å²) < 4.78 is 1.75. The van der Waals surface area contributed by atoms with Gasteiger partial charge in [-0.05, 0) is 55.0 Å². The molecule has 1 atom stereocenters. The molecule has 9 nitrogen and oxygen atoms in total. The molecule has 0 bridgehead atoms. The van der Waals surface area contributed by atoms with Crippen LogP contribution in [0.25, 0.3) is 33.3 Å². The number of aromatic nitrogens is 5. The van der Waals surface area contributed by atoms with Gasteiger partial charge in [0.15, 0.2) is 5.65 Å². The van der Waals surface area contributed by atoms with Crippen LogP contribution in [-0.2, 0) is 11.4 Å². The van der Waals surface area contributed by atoms with Crippen molar-refractivity contribution in [3.05, 3.63) is 83.0 Å². The highest BCUT2D eigenvalue weighted by Crippen LogP contribution is 2.26. The van der Waals surface area contributed by atoms with Crippen LogP contribution < -0.4 is 5.48 Å². The molecule has 0 spiro atoms. The zero-order valence-electron chi connectivity index (χ0n) is 18.7. The number of hydroxylamine groups is 1. The molecule has 5 aromatic rings. The average Bonchev–Trinajstić information content (AvgIpc) is 3.25. The molecule has 0 fully saturated rings. The van der Waals surface area contributed by atoms with E-state index in [4.69, 9.17) is 21.4 Å². The van der Waals surface area contributed by atoms with Crippen LogP contribution in [-0.4, -0.2) is 48.7 Å². The number of halogens is 1. The van der Waals surface area contributed by atoms with Crippen LogP contribution >= 0.6 is 11.6 Å². The second kappa shape index (κ2) is 9.75. The number of carbonyl (C=O) groups is 1. The Morgan fingerprint density at radius 3 is 2.83 bits per heavy atom. The molecule has 0 aliphatic carbocycles. The van der Waals surface area contributed by atoms with Crippen LogP contribution in [0.3, 0.4) is 0 Å². The van der Waals surface area contributed by atoms with Crippen molar-refractivity contribution in [3.8, 4) is 11.3 Å². The lowest BCUT2D eigenvalue weighted by Crippen LogP contribution is -2.27. The molecule has 176 valence electrons. The lowest BCUT2D eigenvalue weighted by Gasteiger charge is -2.10. The standard InChI is InChI=1S/C25H21ClN6O3/c1-15(33)14-35-30-25(34)19-6-5-18(12-20(19)26)22-8-9-23-24(28-22)32(31-29-23)13-16-4-7-21-17(11-16)3-2-10-27-21/h2-12,15,33H,13-14H2,1H3,(H,30,34)/t15-/m1/s1. The Kier molecular flexibility index (Phi) is 6.37. The number of nitrogens with zero attached hydrogens (tertiary/aromatic N) is 5. The lowest BCUT2D eigenvalue weighted by molar-refractivity contribution is -0.00686. The number of aliphatic hydroxyl groups excluding tert-OH is 1. The number of rotatable bonds is 7. The van der Waals surface area contributed by atoms with Crippen molar-refractivity contribution in [2.45, 2.75) is 19.6 Å². The smallest absolute Gasteiger partial charge is 0.276 e. The first-order valence-corrected chi connectivity index (χ1v) is 11.3. The zero-order chi connectivity index (χ0) is 24.4. The van der Waals surface area contributed by atoms with Crippen LogP contribution in [0.5, 0.6) is 0 Å². The Morgan fingerprint density at radius 1 is 1.14 bits per heavy atom. The van der Waals surface area contributed by atoms with E-state index >= 15 is 0 Å². The molecule has 2 N–H and O–H groups in total. The van der Waals surface area contributed by atoms with Crippen molar-refractivity contribution in [2.24, 2.45) is 0 Å². The number of benzene rings is 2. The van der Waals surface area contributed by atoms with Gasteiger partial charge in [0.05, 0.1) is 34.4 Å². The van der Waals surface area contributed by atoms with Crippen molar-refractivity contribution < 1.29 is 14.7 Å². The van der Waals surface area contributed by atoms with Gasteiger partial charge in [0.25, 0.3) is 5.91 Å². The third kappa shape index (κ3) is 4.97. The number of hydrogen-bond donors (Lipinski definition) is 2. The third-order valence-electron chi connectivity index (χ3n) is 5.36. The fourth-order valence-electron chi connectivity index (χ4n) is 3.66. The topological polar surface area (TPSA) is 115 Å². The number of pyridine rings is 2. The monoisotopic (exact) mass is 488 g/mol. The van der Waals surface area contributed by atoms with Crippen molar-refractivity contribution >= 4 is 39.6 Å². The van der Waals surface area contributed by atoms with E-state index in [-0.39, 0.29) is 17.2 Å².